The Morgan fingerprint density at radius 2 is 1.97 bits per heavy atom. The van der Waals surface area contributed by atoms with Crippen LogP contribution < -0.4 is 4.90 Å². The molecule has 7 nitrogen and oxygen atoms in total. The van der Waals surface area contributed by atoms with Crippen LogP contribution in [0.2, 0.25) is 10.0 Å². The summed E-state index contributed by atoms with van der Waals surface area (Å²) in [4.78, 5) is 20.3. The summed E-state index contributed by atoms with van der Waals surface area (Å²) < 4.78 is 34.5. The average Bonchev–Trinajstić information content (AvgIpc) is 3.57. The highest BCUT2D eigenvalue weighted by Gasteiger charge is 2.42. The molecule has 2 aromatic heterocycles. The highest BCUT2D eigenvalue weighted by atomic mass is 35.5. The standard InChI is InChI=1S/C24H21Cl2N3O4S2/c1-15-12-17(26)13-21-22(15)27-24(34-21)28(14-18-4-3-11-33-18)23(30)20-5-2-10-29(20)35(31,32)19-8-6-16(25)7-9-19/h3-4,6-9,11-13,20H,2,5,10,14H2,1H3. The van der Waals surface area contributed by atoms with Crippen molar-refractivity contribution < 1.29 is 17.6 Å². The van der Waals surface area contributed by atoms with Crippen LogP contribution in [0, 0.1) is 6.92 Å². The molecule has 3 heterocycles. The second-order valence-corrected chi connectivity index (χ2v) is 12.1. The number of nitrogens with zero attached hydrogens (tertiary/aromatic N) is 3. The fraction of sp³-hybridized carbons (Fsp3) is 0.250. The van der Waals surface area contributed by atoms with Crippen molar-refractivity contribution >= 4 is 65.8 Å². The Morgan fingerprint density at radius 1 is 1.20 bits per heavy atom. The number of anilines is 1. The normalized spacial score (nSPS) is 16.7. The van der Waals surface area contributed by atoms with Crippen molar-refractivity contribution in [2.75, 3.05) is 11.4 Å². The largest absolute Gasteiger partial charge is 0.467 e. The number of rotatable bonds is 6. The molecule has 5 rings (SSSR count). The molecule has 4 aromatic rings. The van der Waals surface area contributed by atoms with Crippen LogP contribution in [-0.2, 0) is 21.4 Å². The van der Waals surface area contributed by atoms with Crippen molar-refractivity contribution in [2.45, 2.75) is 37.2 Å². The van der Waals surface area contributed by atoms with Gasteiger partial charge < -0.3 is 4.42 Å². The van der Waals surface area contributed by atoms with E-state index in [1.165, 1.54) is 51.1 Å². The zero-order valence-electron chi connectivity index (χ0n) is 18.6. The third kappa shape index (κ3) is 4.71. The summed E-state index contributed by atoms with van der Waals surface area (Å²) in [5, 5.41) is 1.49. The molecule has 0 aliphatic carbocycles. The number of halogens is 2. The van der Waals surface area contributed by atoms with Crippen molar-refractivity contribution in [1.29, 1.82) is 0 Å². The third-order valence-electron chi connectivity index (χ3n) is 5.94. The summed E-state index contributed by atoms with van der Waals surface area (Å²) in [7, 11) is -3.90. The molecule has 1 atom stereocenters. The highest BCUT2D eigenvalue weighted by Crippen LogP contribution is 2.36. The molecule has 2 aromatic carbocycles. The number of amides is 1. The first-order valence-electron chi connectivity index (χ1n) is 10.9. The van der Waals surface area contributed by atoms with E-state index in [-0.39, 0.29) is 23.9 Å². The van der Waals surface area contributed by atoms with E-state index in [2.05, 4.69) is 0 Å². The number of carbonyl (C=O) groups is 1. The van der Waals surface area contributed by atoms with Gasteiger partial charge in [-0.1, -0.05) is 34.5 Å². The topological polar surface area (TPSA) is 83.7 Å². The van der Waals surface area contributed by atoms with Crippen molar-refractivity contribution in [3.8, 4) is 0 Å². The predicted octanol–water partition coefficient (Wildman–Crippen LogP) is 5.89. The van der Waals surface area contributed by atoms with Crippen LogP contribution in [0.1, 0.15) is 24.2 Å². The zero-order chi connectivity index (χ0) is 24.7. The maximum atomic E-state index is 13.9. The van der Waals surface area contributed by atoms with Crippen LogP contribution in [0.25, 0.3) is 10.2 Å². The number of hydrogen-bond acceptors (Lipinski definition) is 6. The van der Waals surface area contributed by atoms with Gasteiger partial charge in [-0.15, -0.1) is 0 Å². The first-order valence-corrected chi connectivity index (χ1v) is 13.9. The maximum Gasteiger partial charge on any atom is 0.247 e. The molecule has 1 saturated heterocycles. The lowest BCUT2D eigenvalue weighted by Gasteiger charge is -2.28. The average molecular weight is 550 g/mol. The van der Waals surface area contributed by atoms with Gasteiger partial charge in [0.2, 0.25) is 15.9 Å². The minimum Gasteiger partial charge on any atom is -0.467 e. The Hall–Kier alpha value is -2.43. The van der Waals surface area contributed by atoms with Crippen LogP contribution in [0.5, 0.6) is 0 Å². The summed E-state index contributed by atoms with van der Waals surface area (Å²) in [5.74, 6) is 0.219. The second kappa shape index (κ2) is 9.55. The van der Waals surface area contributed by atoms with Gasteiger partial charge in [0.1, 0.15) is 11.8 Å². The molecular formula is C24H21Cl2N3O4S2. The molecule has 0 N–H and O–H groups in total. The molecule has 182 valence electrons. The van der Waals surface area contributed by atoms with E-state index in [4.69, 9.17) is 32.6 Å². The van der Waals surface area contributed by atoms with Gasteiger partial charge in [-0.3, -0.25) is 9.69 Å². The minimum absolute atomic E-state index is 0.101. The summed E-state index contributed by atoms with van der Waals surface area (Å²) in [5.41, 5.74) is 1.65. The second-order valence-electron chi connectivity index (χ2n) is 8.30. The smallest absolute Gasteiger partial charge is 0.247 e. The van der Waals surface area contributed by atoms with Crippen molar-refractivity contribution in [2.24, 2.45) is 0 Å². The minimum atomic E-state index is -3.90. The number of hydrogen-bond donors (Lipinski definition) is 0. The van der Waals surface area contributed by atoms with Gasteiger partial charge in [0.05, 0.1) is 27.9 Å². The number of furan rings is 1. The number of benzene rings is 2. The van der Waals surface area contributed by atoms with Gasteiger partial charge in [-0.05, 0) is 73.9 Å². The molecular weight excluding hydrogens is 529 g/mol. The molecule has 1 aliphatic rings. The summed E-state index contributed by atoms with van der Waals surface area (Å²) in [6, 6.07) is 12.3. The van der Waals surface area contributed by atoms with E-state index in [0.717, 1.165) is 15.8 Å². The summed E-state index contributed by atoms with van der Waals surface area (Å²) in [6.45, 7) is 2.29. The zero-order valence-corrected chi connectivity index (χ0v) is 21.8. The molecule has 11 heteroatoms. The molecule has 0 spiro atoms. The lowest BCUT2D eigenvalue weighted by atomic mass is 10.2. The van der Waals surface area contributed by atoms with E-state index in [0.29, 0.717) is 33.8 Å². The van der Waals surface area contributed by atoms with Crippen LogP contribution >= 0.6 is 34.5 Å². The number of carbonyl (C=O) groups excluding carboxylic acids is 1. The van der Waals surface area contributed by atoms with Gasteiger partial charge in [0.15, 0.2) is 5.13 Å². The first-order chi connectivity index (χ1) is 16.7. The van der Waals surface area contributed by atoms with E-state index >= 15 is 0 Å². The Labute approximate surface area is 216 Å². The Bertz CT molecular complexity index is 1490. The van der Waals surface area contributed by atoms with Crippen LogP contribution in [0.4, 0.5) is 5.13 Å². The molecule has 1 amide bonds. The number of aromatic nitrogens is 1. The van der Waals surface area contributed by atoms with Crippen LogP contribution in [0.15, 0.2) is 64.1 Å². The van der Waals surface area contributed by atoms with Gasteiger partial charge in [-0.25, -0.2) is 13.4 Å². The monoisotopic (exact) mass is 549 g/mol. The van der Waals surface area contributed by atoms with E-state index in [1.54, 1.807) is 12.1 Å². The van der Waals surface area contributed by atoms with Crippen LogP contribution in [0.3, 0.4) is 0 Å². The predicted molar refractivity (Wildman–Crippen MR) is 138 cm³/mol. The fourth-order valence-corrected chi connectivity index (χ4v) is 7.45. The van der Waals surface area contributed by atoms with Crippen molar-refractivity contribution in [3.05, 3.63) is 76.2 Å². The quantitative estimate of drug-likeness (QED) is 0.299. The number of thiazole rings is 1. The Kier molecular flexibility index (Phi) is 6.63. The molecule has 1 unspecified atom stereocenters. The molecule has 0 saturated carbocycles. The third-order valence-corrected chi connectivity index (χ3v) is 9.36. The number of aryl methyl sites for hydroxylation is 1. The molecule has 0 bridgehead atoms. The van der Waals surface area contributed by atoms with Gasteiger partial charge >= 0.3 is 0 Å². The molecule has 1 fully saturated rings. The van der Waals surface area contributed by atoms with E-state index < -0.39 is 16.1 Å². The fourth-order valence-electron chi connectivity index (χ4n) is 4.25. The Balaban J connectivity index is 1.53. The highest BCUT2D eigenvalue weighted by molar-refractivity contribution is 7.89. The first kappa shape index (κ1) is 24.3. The SMILES string of the molecule is Cc1cc(Cl)cc2sc(N(Cc3ccco3)C(=O)C3CCCN3S(=O)(=O)c3ccc(Cl)cc3)nc12. The maximum absolute atomic E-state index is 13.9. The van der Waals surface area contributed by atoms with Crippen molar-refractivity contribution in [3.63, 3.8) is 0 Å². The van der Waals surface area contributed by atoms with E-state index in [9.17, 15) is 13.2 Å². The lowest BCUT2D eigenvalue weighted by Crippen LogP contribution is -2.47. The van der Waals surface area contributed by atoms with E-state index in [1.807, 2.05) is 19.1 Å². The lowest BCUT2D eigenvalue weighted by molar-refractivity contribution is -0.121. The number of sulfonamides is 1. The molecule has 35 heavy (non-hydrogen) atoms. The van der Waals surface area contributed by atoms with Crippen molar-refractivity contribution in [1.82, 2.24) is 9.29 Å². The summed E-state index contributed by atoms with van der Waals surface area (Å²) >= 11 is 13.5. The van der Waals surface area contributed by atoms with Crippen LogP contribution in [-0.4, -0.2) is 36.2 Å². The van der Waals surface area contributed by atoms with Gasteiger partial charge in [0.25, 0.3) is 0 Å². The van der Waals surface area contributed by atoms with Gasteiger partial charge in [-0.2, -0.15) is 4.31 Å². The molecule has 1 aliphatic heterocycles. The molecule has 0 radical (unpaired) electrons. The van der Waals surface area contributed by atoms with Gasteiger partial charge in [0, 0.05) is 16.6 Å². The Morgan fingerprint density at radius 3 is 2.69 bits per heavy atom. The summed E-state index contributed by atoms with van der Waals surface area (Å²) in [6.07, 6.45) is 2.52. The number of fused-ring (bicyclic) bond motifs is 1.